The molecule has 19 heavy (non-hydrogen) atoms. The number of hydrogen-bond donors (Lipinski definition) is 0. The summed E-state index contributed by atoms with van der Waals surface area (Å²) in [6.45, 7) is 2.23. The van der Waals surface area contributed by atoms with Gasteiger partial charge in [0, 0.05) is 10.9 Å². The molecule has 0 saturated heterocycles. The zero-order chi connectivity index (χ0) is 13.2. The van der Waals surface area contributed by atoms with E-state index < -0.39 is 0 Å². The molecule has 0 aliphatic rings. The molecule has 98 valence electrons. The molecule has 3 heterocycles. The Morgan fingerprint density at radius 2 is 2.42 bits per heavy atom. The number of hydrogen-bond acceptors (Lipinski definition) is 6. The van der Waals surface area contributed by atoms with Gasteiger partial charge in [0.25, 0.3) is 0 Å². The van der Waals surface area contributed by atoms with Gasteiger partial charge in [-0.3, -0.25) is 0 Å². The highest BCUT2D eigenvalue weighted by Crippen LogP contribution is 2.19. The number of nitrogens with zero attached hydrogens (tertiary/aromatic N) is 5. The zero-order valence-corrected chi connectivity index (χ0v) is 11.6. The number of rotatable bonds is 4. The van der Waals surface area contributed by atoms with E-state index in [1.54, 1.807) is 22.2 Å². The quantitative estimate of drug-likeness (QED) is 0.692. The first kappa shape index (κ1) is 12.3. The third-order valence-electron chi connectivity index (χ3n) is 2.51. The summed E-state index contributed by atoms with van der Waals surface area (Å²) in [5.41, 5.74) is 1.67. The van der Waals surface area contributed by atoms with Crippen molar-refractivity contribution in [3.05, 3.63) is 34.6 Å². The Kier molecular flexibility index (Phi) is 3.31. The second-order valence-corrected chi connectivity index (χ2v) is 5.42. The fourth-order valence-electron chi connectivity index (χ4n) is 1.54. The van der Waals surface area contributed by atoms with Gasteiger partial charge in [0.05, 0.1) is 11.6 Å². The summed E-state index contributed by atoms with van der Waals surface area (Å²) in [6, 6.07) is 1.95. The first-order valence-corrected chi connectivity index (χ1v) is 6.99. The van der Waals surface area contributed by atoms with Gasteiger partial charge in [0.2, 0.25) is 11.7 Å². The second-order valence-electron chi connectivity index (χ2n) is 3.98. The predicted octanol–water partition coefficient (Wildman–Crippen LogP) is 2.74. The molecule has 0 fully saturated rings. The van der Waals surface area contributed by atoms with Gasteiger partial charge < -0.3 is 4.52 Å². The molecular formula is C11H10ClN5OS. The highest BCUT2D eigenvalue weighted by molar-refractivity contribution is 7.08. The van der Waals surface area contributed by atoms with Gasteiger partial charge in [0.1, 0.15) is 12.2 Å². The largest absolute Gasteiger partial charge is 0.337 e. The van der Waals surface area contributed by atoms with Gasteiger partial charge in [-0.1, -0.05) is 10.4 Å². The van der Waals surface area contributed by atoms with E-state index in [9.17, 15) is 0 Å². The number of halogens is 1. The monoisotopic (exact) mass is 295 g/mol. The summed E-state index contributed by atoms with van der Waals surface area (Å²) < 4.78 is 6.81. The smallest absolute Gasteiger partial charge is 0.248 e. The van der Waals surface area contributed by atoms with Crippen molar-refractivity contribution < 1.29 is 4.52 Å². The summed E-state index contributed by atoms with van der Waals surface area (Å²) >= 11 is 7.52. The molecule has 3 aromatic rings. The van der Waals surface area contributed by atoms with E-state index in [-0.39, 0.29) is 5.38 Å². The lowest BCUT2D eigenvalue weighted by molar-refractivity contribution is 0.364. The molecule has 3 aromatic heterocycles. The van der Waals surface area contributed by atoms with Crippen LogP contribution in [-0.4, -0.2) is 25.1 Å². The summed E-state index contributed by atoms with van der Waals surface area (Å²) in [6.07, 6.45) is 1.77. The standard InChI is InChI=1S/C11H10ClN5OS/c1-7(12)9-4-17(16-14-9)5-10-13-11(15-18-10)8-2-3-19-6-8/h2-4,6-7H,5H2,1H3. The highest BCUT2D eigenvalue weighted by Gasteiger charge is 2.12. The Labute approximate surface area is 118 Å². The Bertz CT molecular complexity index is 660. The van der Waals surface area contributed by atoms with Crippen LogP contribution in [0, 0.1) is 0 Å². The van der Waals surface area contributed by atoms with E-state index in [0.29, 0.717) is 18.3 Å². The minimum Gasteiger partial charge on any atom is -0.337 e. The van der Waals surface area contributed by atoms with E-state index >= 15 is 0 Å². The molecular weight excluding hydrogens is 286 g/mol. The molecule has 0 bridgehead atoms. The topological polar surface area (TPSA) is 69.6 Å². The summed E-state index contributed by atoms with van der Waals surface area (Å²) in [5.74, 6) is 1.07. The maximum absolute atomic E-state index is 5.93. The van der Waals surface area contributed by atoms with Gasteiger partial charge in [-0.25, -0.2) is 4.68 Å². The third kappa shape index (κ3) is 2.66. The molecule has 0 saturated carbocycles. The Balaban J connectivity index is 1.76. The van der Waals surface area contributed by atoms with Crippen LogP contribution in [0.2, 0.25) is 0 Å². The van der Waals surface area contributed by atoms with Crippen LogP contribution >= 0.6 is 22.9 Å². The van der Waals surface area contributed by atoms with Gasteiger partial charge >= 0.3 is 0 Å². The SMILES string of the molecule is CC(Cl)c1cn(Cc2nc(-c3ccsc3)no2)nn1. The van der Waals surface area contributed by atoms with E-state index in [1.165, 1.54) is 0 Å². The molecule has 0 aliphatic carbocycles. The molecule has 0 amide bonds. The van der Waals surface area contributed by atoms with Gasteiger partial charge in [-0.05, 0) is 18.4 Å². The van der Waals surface area contributed by atoms with Crippen LogP contribution in [0.1, 0.15) is 23.9 Å². The molecule has 1 atom stereocenters. The number of alkyl halides is 1. The molecule has 0 spiro atoms. The maximum atomic E-state index is 5.93. The number of aromatic nitrogens is 5. The zero-order valence-electron chi connectivity index (χ0n) is 10.0. The van der Waals surface area contributed by atoms with Crippen molar-refractivity contribution >= 4 is 22.9 Å². The van der Waals surface area contributed by atoms with Crippen molar-refractivity contribution in [3.8, 4) is 11.4 Å². The van der Waals surface area contributed by atoms with Crippen molar-refractivity contribution in [2.24, 2.45) is 0 Å². The van der Waals surface area contributed by atoms with Crippen LogP contribution in [0.3, 0.4) is 0 Å². The highest BCUT2D eigenvalue weighted by atomic mass is 35.5. The van der Waals surface area contributed by atoms with Crippen molar-refractivity contribution in [2.75, 3.05) is 0 Å². The van der Waals surface area contributed by atoms with Crippen molar-refractivity contribution in [3.63, 3.8) is 0 Å². The molecule has 0 radical (unpaired) electrons. The summed E-state index contributed by atoms with van der Waals surface area (Å²) in [4.78, 5) is 4.31. The van der Waals surface area contributed by atoms with Crippen molar-refractivity contribution in [1.29, 1.82) is 0 Å². The minimum atomic E-state index is -0.169. The maximum Gasteiger partial charge on any atom is 0.248 e. The van der Waals surface area contributed by atoms with Crippen LogP contribution in [0.25, 0.3) is 11.4 Å². The van der Waals surface area contributed by atoms with Crippen LogP contribution in [0.15, 0.2) is 27.5 Å². The molecule has 0 aromatic carbocycles. The molecule has 6 nitrogen and oxygen atoms in total. The van der Waals surface area contributed by atoms with Crippen LogP contribution in [0.4, 0.5) is 0 Å². The normalized spacial score (nSPS) is 12.7. The van der Waals surface area contributed by atoms with E-state index in [2.05, 4.69) is 20.5 Å². The van der Waals surface area contributed by atoms with Crippen LogP contribution in [0.5, 0.6) is 0 Å². The first-order chi connectivity index (χ1) is 9.22. The van der Waals surface area contributed by atoms with Crippen molar-refractivity contribution in [1.82, 2.24) is 25.1 Å². The Morgan fingerprint density at radius 3 is 3.11 bits per heavy atom. The van der Waals surface area contributed by atoms with E-state index in [1.807, 2.05) is 23.8 Å². The average Bonchev–Trinajstić information content (AvgIpc) is 3.09. The summed E-state index contributed by atoms with van der Waals surface area (Å²) in [5, 5.41) is 15.6. The third-order valence-corrected chi connectivity index (χ3v) is 3.42. The molecule has 1 unspecified atom stereocenters. The molecule has 0 N–H and O–H groups in total. The van der Waals surface area contributed by atoms with E-state index in [4.69, 9.17) is 16.1 Å². The molecule has 0 aliphatic heterocycles. The predicted molar refractivity (Wildman–Crippen MR) is 71.0 cm³/mol. The van der Waals surface area contributed by atoms with Crippen LogP contribution < -0.4 is 0 Å². The number of thiophene rings is 1. The second kappa shape index (κ2) is 5.10. The minimum absolute atomic E-state index is 0.169. The van der Waals surface area contributed by atoms with E-state index in [0.717, 1.165) is 11.3 Å². The van der Waals surface area contributed by atoms with Crippen molar-refractivity contribution in [2.45, 2.75) is 18.8 Å². The lowest BCUT2D eigenvalue weighted by Gasteiger charge is -1.94. The average molecular weight is 296 g/mol. The van der Waals surface area contributed by atoms with Gasteiger partial charge in [0.15, 0.2) is 0 Å². The Morgan fingerprint density at radius 1 is 1.53 bits per heavy atom. The Hall–Kier alpha value is -1.73. The van der Waals surface area contributed by atoms with Gasteiger partial charge in [-0.15, -0.1) is 16.7 Å². The lowest BCUT2D eigenvalue weighted by Crippen LogP contribution is -2.00. The fourth-order valence-corrected chi connectivity index (χ4v) is 2.27. The van der Waals surface area contributed by atoms with Crippen LogP contribution in [-0.2, 0) is 6.54 Å². The fraction of sp³-hybridized carbons (Fsp3) is 0.273. The van der Waals surface area contributed by atoms with Gasteiger partial charge in [-0.2, -0.15) is 16.3 Å². The lowest BCUT2D eigenvalue weighted by atomic mass is 10.3. The first-order valence-electron chi connectivity index (χ1n) is 5.61. The summed E-state index contributed by atoms with van der Waals surface area (Å²) in [7, 11) is 0. The molecule has 8 heteroatoms. The molecule has 3 rings (SSSR count).